The van der Waals surface area contributed by atoms with Gasteiger partial charge in [-0.3, -0.25) is 0 Å². The van der Waals surface area contributed by atoms with Crippen molar-refractivity contribution in [1.29, 1.82) is 0 Å². The van der Waals surface area contributed by atoms with Crippen LogP contribution in [0.25, 0.3) is 0 Å². The fourth-order valence-corrected chi connectivity index (χ4v) is 0.872. The van der Waals surface area contributed by atoms with Crippen LogP contribution in [0.2, 0.25) is 0 Å². The highest BCUT2D eigenvalue weighted by atomic mass is 32.1. The monoisotopic (exact) mass is 178 g/mol. The Morgan fingerprint density at radius 2 is 2.42 bits per heavy atom. The average molecular weight is 178 g/mol. The van der Waals surface area contributed by atoms with Crippen molar-refractivity contribution in [2.45, 2.75) is 6.92 Å². The maximum atomic E-state index is 5.73. The van der Waals surface area contributed by atoms with E-state index in [-0.39, 0.29) is 0 Å². The number of aromatic nitrogens is 1. The number of anilines is 1. The molecule has 0 radical (unpaired) electrons. The largest absolute Gasteiger partial charge is 0.396 e. The molecule has 1 rings (SSSR count). The number of hydrogen-bond acceptors (Lipinski definition) is 3. The fraction of sp³-hybridized carbons (Fsp3) is 0.222. The third kappa shape index (κ3) is 1.93. The molecule has 0 saturated carbocycles. The topological polar surface area (TPSA) is 38.9 Å². The molecule has 3 heteroatoms. The zero-order valence-corrected chi connectivity index (χ0v) is 7.73. The lowest BCUT2D eigenvalue weighted by molar-refractivity contribution is 1.26. The van der Waals surface area contributed by atoms with Gasteiger partial charge in [0.1, 0.15) is 5.69 Å². The predicted octanol–water partition coefficient (Wildman–Crippen LogP) is 1.25. The lowest BCUT2D eigenvalue weighted by Gasteiger charge is -1.99. The number of thiol groups is 1. The summed E-state index contributed by atoms with van der Waals surface area (Å²) in [5, 5.41) is 0. The molecular weight excluding hydrogens is 168 g/mol. The summed E-state index contributed by atoms with van der Waals surface area (Å²) in [6.45, 7) is 1.93. The minimum absolute atomic E-state index is 0.523. The van der Waals surface area contributed by atoms with Gasteiger partial charge in [-0.05, 0) is 24.5 Å². The van der Waals surface area contributed by atoms with Gasteiger partial charge in [-0.1, -0.05) is 5.92 Å². The molecule has 2 nitrogen and oxygen atoms in total. The first-order valence-electron chi connectivity index (χ1n) is 3.56. The minimum Gasteiger partial charge on any atom is -0.396 e. The number of aryl methyl sites for hydroxylation is 1. The SMILES string of the molecule is Cc1ccnc(C#CCS)c1N. The molecule has 1 aromatic heterocycles. The van der Waals surface area contributed by atoms with Crippen molar-refractivity contribution >= 4 is 18.3 Å². The zero-order valence-electron chi connectivity index (χ0n) is 6.83. The number of nitrogen functional groups attached to an aromatic ring is 1. The van der Waals surface area contributed by atoms with E-state index in [0.717, 1.165) is 5.56 Å². The summed E-state index contributed by atoms with van der Waals surface area (Å²) in [7, 11) is 0. The smallest absolute Gasteiger partial charge is 0.136 e. The number of rotatable bonds is 0. The van der Waals surface area contributed by atoms with Crippen LogP contribution in [-0.4, -0.2) is 10.7 Å². The molecule has 0 bridgehead atoms. The van der Waals surface area contributed by atoms with Crippen molar-refractivity contribution in [2.75, 3.05) is 11.5 Å². The van der Waals surface area contributed by atoms with Crippen LogP contribution in [-0.2, 0) is 0 Å². The van der Waals surface area contributed by atoms with Crippen LogP contribution in [0.3, 0.4) is 0 Å². The maximum Gasteiger partial charge on any atom is 0.136 e. The van der Waals surface area contributed by atoms with Gasteiger partial charge < -0.3 is 5.73 Å². The van der Waals surface area contributed by atoms with E-state index in [1.165, 1.54) is 0 Å². The molecule has 0 aliphatic rings. The number of nitrogens with two attached hydrogens (primary N) is 1. The molecule has 12 heavy (non-hydrogen) atoms. The van der Waals surface area contributed by atoms with Gasteiger partial charge in [0.2, 0.25) is 0 Å². The van der Waals surface area contributed by atoms with Crippen molar-refractivity contribution in [3.05, 3.63) is 23.5 Å². The van der Waals surface area contributed by atoms with Crippen molar-refractivity contribution in [3.63, 3.8) is 0 Å². The summed E-state index contributed by atoms with van der Waals surface area (Å²) in [5.41, 5.74) is 8.04. The third-order valence-corrected chi connectivity index (χ3v) is 1.65. The Morgan fingerprint density at radius 3 is 3.08 bits per heavy atom. The van der Waals surface area contributed by atoms with Gasteiger partial charge in [0, 0.05) is 6.20 Å². The Labute approximate surface area is 77.6 Å². The van der Waals surface area contributed by atoms with E-state index in [1.807, 2.05) is 13.0 Å². The van der Waals surface area contributed by atoms with Crippen molar-refractivity contribution in [2.24, 2.45) is 0 Å². The number of nitrogens with zero attached hydrogens (tertiary/aromatic N) is 1. The Morgan fingerprint density at radius 1 is 1.67 bits per heavy atom. The molecule has 0 fully saturated rings. The summed E-state index contributed by atoms with van der Waals surface area (Å²) in [4.78, 5) is 4.04. The Balaban J connectivity index is 3.08. The van der Waals surface area contributed by atoms with Crippen LogP contribution in [0.5, 0.6) is 0 Å². The molecule has 0 aliphatic carbocycles. The molecule has 0 unspecified atom stereocenters. The Kier molecular flexibility index (Phi) is 3.01. The molecule has 0 aromatic carbocycles. The van der Waals surface area contributed by atoms with Crippen LogP contribution < -0.4 is 5.73 Å². The van der Waals surface area contributed by atoms with E-state index in [4.69, 9.17) is 5.73 Å². The highest BCUT2D eigenvalue weighted by Crippen LogP contribution is 2.11. The lowest BCUT2D eigenvalue weighted by Crippen LogP contribution is -1.96. The second-order valence-electron chi connectivity index (χ2n) is 2.35. The quantitative estimate of drug-likeness (QED) is 0.463. The van der Waals surface area contributed by atoms with E-state index in [1.54, 1.807) is 6.20 Å². The fourth-order valence-electron chi connectivity index (χ4n) is 0.793. The predicted molar refractivity (Wildman–Crippen MR) is 54.1 cm³/mol. The van der Waals surface area contributed by atoms with E-state index in [0.29, 0.717) is 17.1 Å². The third-order valence-electron chi connectivity index (χ3n) is 1.49. The second kappa shape index (κ2) is 4.03. The standard InChI is InChI=1S/C9H10N2S/c1-7-4-5-11-8(9(7)10)3-2-6-12/h4-5,12H,6,10H2,1H3. The molecule has 0 atom stereocenters. The molecule has 62 valence electrons. The maximum absolute atomic E-state index is 5.73. The Bertz CT molecular complexity index is 336. The number of hydrogen-bond donors (Lipinski definition) is 2. The summed E-state index contributed by atoms with van der Waals surface area (Å²) in [6.07, 6.45) is 1.70. The van der Waals surface area contributed by atoms with E-state index >= 15 is 0 Å². The summed E-state index contributed by atoms with van der Waals surface area (Å²) in [5.74, 6) is 6.17. The Hall–Kier alpha value is -1.14. The van der Waals surface area contributed by atoms with Crippen LogP contribution in [0.1, 0.15) is 11.3 Å². The first-order valence-corrected chi connectivity index (χ1v) is 4.19. The van der Waals surface area contributed by atoms with Gasteiger partial charge in [-0.15, -0.1) is 0 Å². The van der Waals surface area contributed by atoms with Crippen molar-refractivity contribution in [3.8, 4) is 11.8 Å². The molecule has 0 spiro atoms. The van der Waals surface area contributed by atoms with Gasteiger partial charge in [0.15, 0.2) is 0 Å². The van der Waals surface area contributed by atoms with Crippen LogP contribution in [0.4, 0.5) is 5.69 Å². The molecule has 1 heterocycles. The summed E-state index contributed by atoms with van der Waals surface area (Å²) >= 11 is 3.97. The van der Waals surface area contributed by atoms with E-state index < -0.39 is 0 Å². The van der Waals surface area contributed by atoms with Crippen molar-refractivity contribution in [1.82, 2.24) is 4.98 Å². The van der Waals surface area contributed by atoms with Gasteiger partial charge in [-0.2, -0.15) is 12.6 Å². The first kappa shape index (κ1) is 8.95. The number of pyridine rings is 1. The summed E-state index contributed by atoms with van der Waals surface area (Å²) in [6, 6.07) is 1.86. The minimum atomic E-state index is 0.523. The van der Waals surface area contributed by atoms with Gasteiger partial charge in [-0.25, -0.2) is 4.98 Å². The van der Waals surface area contributed by atoms with Crippen LogP contribution >= 0.6 is 12.6 Å². The van der Waals surface area contributed by atoms with Gasteiger partial charge in [0.05, 0.1) is 11.4 Å². The molecule has 0 saturated heterocycles. The highest BCUT2D eigenvalue weighted by molar-refractivity contribution is 7.80. The van der Waals surface area contributed by atoms with Crippen LogP contribution in [0, 0.1) is 18.8 Å². The molecule has 2 N–H and O–H groups in total. The van der Waals surface area contributed by atoms with Gasteiger partial charge >= 0.3 is 0 Å². The highest BCUT2D eigenvalue weighted by Gasteiger charge is 1.97. The molecule has 1 aromatic rings. The molecule has 0 amide bonds. The normalized spacial score (nSPS) is 8.83. The molecule has 0 aliphatic heterocycles. The van der Waals surface area contributed by atoms with Gasteiger partial charge in [0.25, 0.3) is 0 Å². The van der Waals surface area contributed by atoms with Crippen molar-refractivity contribution < 1.29 is 0 Å². The lowest BCUT2D eigenvalue weighted by atomic mass is 10.2. The molecular formula is C9H10N2S. The zero-order chi connectivity index (χ0) is 8.97. The second-order valence-corrected chi connectivity index (χ2v) is 2.67. The van der Waals surface area contributed by atoms with Crippen LogP contribution in [0.15, 0.2) is 12.3 Å². The summed E-state index contributed by atoms with van der Waals surface area (Å²) < 4.78 is 0. The first-order chi connectivity index (χ1) is 5.75. The van der Waals surface area contributed by atoms with E-state index in [9.17, 15) is 0 Å². The average Bonchev–Trinajstić information content (AvgIpc) is 2.08. The van der Waals surface area contributed by atoms with E-state index in [2.05, 4.69) is 29.5 Å².